The van der Waals surface area contributed by atoms with E-state index in [-0.39, 0.29) is 28.6 Å². The summed E-state index contributed by atoms with van der Waals surface area (Å²) in [5, 5.41) is 18.2. The van der Waals surface area contributed by atoms with Gasteiger partial charge in [0.15, 0.2) is 11.5 Å². The monoisotopic (exact) mass is 327 g/mol. The number of benzene rings is 1. The van der Waals surface area contributed by atoms with Crippen LogP contribution in [-0.2, 0) is 16.0 Å². The van der Waals surface area contributed by atoms with E-state index in [0.29, 0.717) is 25.1 Å². The molecule has 0 bridgehead atoms. The summed E-state index contributed by atoms with van der Waals surface area (Å²) in [7, 11) is 0. The molecule has 0 saturated heterocycles. The van der Waals surface area contributed by atoms with Crippen LogP contribution in [0.4, 0.5) is 11.4 Å². The van der Waals surface area contributed by atoms with Gasteiger partial charge in [0.25, 0.3) is 0 Å². The molecule has 1 aliphatic heterocycles. The highest BCUT2D eigenvalue weighted by atomic mass is 16.3. The summed E-state index contributed by atoms with van der Waals surface area (Å²) in [4.78, 5) is 25.4. The largest absolute Gasteiger partial charge is 0.510 e. The van der Waals surface area contributed by atoms with E-state index < -0.39 is 0 Å². The minimum absolute atomic E-state index is 0.00362. The number of nitrogens with zero attached hydrogens (tertiary/aromatic N) is 3. The summed E-state index contributed by atoms with van der Waals surface area (Å²) in [5.74, 6) is -0.158. The first-order valence-electron chi connectivity index (χ1n) is 8.05. The van der Waals surface area contributed by atoms with Gasteiger partial charge < -0.3 is 10.0 Å². The van der Waals surface area contributed by atoms with Crippen molar-refractivity contribution in [1.82, 2.24) is 0 Å². The summed E-state index contributed by atoms with van der Waals surface area (Å²) in [6, 6.07) is 5.48. The molecular weight excluding hydrogens is 306 g/mol. The van der Waals surface area contributed by atoms with Crippen molar-refractivity contribution in [3.8, 4) is 0 Å². The maximum atomic E-state index is 12.1. The van der Waals surface area contributed by atoms with Gasteiger partial charge in [-0.3, -0.25) is 9.59 Å². The Morgan fingerprint density at radius 2 is 2.00 bits per heavy atom. The van der Waals surface area contributed by atoms with Gasteiger partial charge in [0.05, 0.1) is 5.69 Å². The Balaban J connectivity index is 1.84. The van der Waals surface area contributed by atoms with Crippen LogP contribution < -0.4 is 4.90 Å². The fourth-order valence-electron chi connectivity index (χ4n) is 3.28. The number of fused-ring (bicyclic) bond motifs is 1. The third-order valence-electron chi connectivity index (χ3n) is 4.43. The molecule has 24 heavy (non-hydrogen) atoms. The van der Waals surface area contributed by atoms with Crippen molar-refractivity contribution in [3.05, 3.63) is 35.2 Å². The molecule has 0 saturated carbocycles. The summed E-state index contributed by atoms with van der Waals surface area (Å²) in [6.45, 7) is 6.10. The van der Waals surface area contributed by atoms with E-state index in [1.165, 1.54) is 0 Å². The first kappa shape index (κ1) is 16.4. The fraction of sp³-hybridized carbons (Fsp3) is 0.444. The second-order valence-electron chi connectivity index (χ2n) is 7.17. The molecule has 1 heterocycles. The Kier molecular flexibility index (Phi) is 3.99. The average Bonchev–Trinajstić information content (AvgIpc) is 2.88. The molecule has 0 unspecified atom stereocenters. The van der Waals surface area contributed by atoms with E-state index in [2.05, 4.69) is 10.2 Å². The van der Waals surface area contributed by atoms with E-state index in [4.69, 9.17) is 0 Å². The van der Waals surface area contributed by atoms with Crippen LogP contribution in [0.1, 0.15) is 39.2 Å². The van der Waals surface area contributed by atoms with Crippen LogP contribution in [0.15, 0.2) is 39.9 Å². The van der Waals surface area contributed by atoms with Crippen LogP contribution in [0.2, 0.25) is 0 Å². The minimum Gasteiger partial charge on any atom is -0.510 e. The van der Waals surface area contributed by atoms with Crippen molar-refractivity contribution >= 4 is 23.1 Å². The minimum atomic E-state index is -0.246. The van der Waals surface area contributed by atoms with Crippen molar-refractivity contribution in [3.63, 3.8) is 0 Å². The highest BCUT2D eigenvalue weighted by molar-refractivity contribution is 5.96. The Hall–Kier alpha value is -2.50. The predicted octanol–water partition coefficient (Wildman–Crippen LogP) is 3.84. The molecule has 0 atom stereocenters. The number of ketones is 1. The van der Waals surface area contributed by atoms with Crippen LogP contribution in [0.5, 0.6) is 0 Å². The molecule has 6 heteroatoms. The molecule has 1 aromatic rings. The van der Waals surface area contributed by atoms with Crippen molar-refractivity contribution in [1.29, 1.82) is 0 Å². The van der Waals surface area contributed by atoms with Crippen LogP contribution >= 0.6 is 0 Å². The van der Waals surface area contributed by atoms with Gasteiger partial charge in [0.1, 0.15) is 5.76 Å². The molecule has 126 valence electrons. The number of carbonyl (C=O) groups is 2. The topological polar surface area (TPSA) is 82.3 Å². The van der Waals surface area contributed by atoms with Crippen molar-refractivity contribution < 1.29 is 14.7 Å². The zero-order chi connectivity index (χ0) is 17.5. The Morgan fingerprint density at radius 3 is 2.67 bits per heavy atom. The second kappa shape index (κ2) is 5.85. The standard InChI is InChI=1S/C18H21N3O3/c1-11(22)21-7-6-12-8-13(4-5-14(12)21)19-20-17-15(23)9-18(2,3)10-16(17)24/h4-5,8,23H,6-7,9-10H2,1-3H3. The molecule has 0 spiro atoms. The van der Waals surface area contributed by atoms with E-state index in [9.17, 15) is 14.7 Å². The lowest BCUT2D eigenvalue weighted by Crippen LogP contribution is -2.25. The van der Waals surface area contributed by atoms with Crippen LogP contribution in [0.3, 0.4) is 0 Å². The number of hydrogen-bond donors (Lipinski definition) is 1. The second-order valence-corrected chi connectivity index (χ2v) is 7.17. The number of aliphatic hydroxyl groups excluding tert-OH is 1. The van der Waals surface area contributed by atoms with Crippen LogP contribution in [0, 0.1) is 5.41 Å². The Morgan fingerprint density at radius 1 is 1.25 bits per heavy atom. The lowest BCUT2D eigenvalue weighted by Gasteiger charge is -2.27. The van der Waals surface area contributed by atoms with E-state index >= 15 is 0 Å². The van der Waals surface area contributed by atoms with Gasteiger partial charge >= 0.3 is 0 Å². The molecule has 1 amide bonds. The van der Waals surface area contributed by atoms with Gasteiger partial charge in [0, 0.05) is 32.0 Å². The first-order valence-corrected chi connectivity index (χ1v) is 8.05. The molecule has 2 aliphatic rings. The number of carbonyl (C=O) groups excluding carboxylic acids is 2. The van der Waals surface area contributed by atoms with Crippen molar-refractivity contribution in [2.75, 3.05) is 11.4 Å². The third kappa shape index (κ3) is 3.09. The van der Waals surface area contributed by atoms with Crippen LogP contribution in [-0.4, -0.2) is 23.3 Å². The lowest BCUT2D eigenvalue weighted by molar-refractivity contribution is -0.118. The quantitative estimate of drug-likeness (QED) is 0.838. The number of rotatable bonds is 2. The maximum Gasteiger partial charge on any atom is 0.223 e. The molecule has 1 aliphatic carbocycles. The number of Topliss-reactive ketones (excluding diaryl/α,β-unsaturated/α-hetero) is 1. The summed E-state index contributed by atoms with van der Waals surface area (Å²) in [5.41, 5.74) is 2.36. The molecular formula is C18H21N3O3. The molecule has 1 N–H and O–H groups in total. The molecule has 0 radical (unpaired) electrons. The normalized spacial score (nSPS) is 20.0. The number of hydrogen-bond acceptors (Lipinski definition) is 5. The molecule has 0 fully saturated rings. The summed E-state index contributed by atoms with van der Waals surface area (Å²) >= 11 is 0. The van der Waals surface area contributed by atoms with E-state index in [0.717, 1.165) is 17.7 Å². The SMILES string of the molecule is CC(=O)N1CCc2cc(N=NC3=C(O)CC(C)(C)CC3=O)ccc21. The predicted molar refractivity (Wildman–Crippen MR) is 90.4 cm³/mol. The van der Waals surface area contributed by atoms with Gasteiger partial charge in [-0.05, 0) is 35.6 Å². The summed E-state index contributed by atoms with van der Waals surface area (Å²) in [6.07, 6.45) is 1.55. The Bertz CT molecular complexity index is 778. The number of allylic oxidation sites excluding steroid dienone is 2. The number of azo groups is 1. The van der Waals surface area contributed by atoms with Gasteiger partial charge in [0.2, 0.25) is 5.91 Å². The highest BCUT2D eigenvalue weighted by Crippen LogP contribution is 2.37. The van der Waals surface area contributed by atoms with Crippen molar-refractivity contribution in [2.45, 2.75) is 40.0 Å². The van der Waals surface area contributed by atoms with Gasteiger partial charge in [-0.1, -0.05) is 13.8 Å². The van der Waals surface area contributed by atoms with Gasteiger partial charge in [-0.25, -0.2) is 0 Å². The zero-order valence-electron chi connectivity index (χ0n) is 14.2. The molecule has 1 aromatic carbocycles. The van der Waals surface area contributed by atoms with Crippen molar-refractivity contribution in [2.24, 2.45) is 15.6 Å². The molecule has 6 nitrogen and oxygen atoms in total. The van der Waals surface area contributed by atoms with Gasteiger partial charge in [-0.2, -0.15) is 5.11 Å². The number of amides is 1. The number of aliphatic hydroxyl groups is 1. The fourth-order valence-corrected chi connectivity index (χ4v) is 3.28. The number of anilines is 1. The highest BCUT2D eigenvalue weighted by Gasteiger charge is 2.33. The van der Waals surface area contributed by atoms with Crippen LogP contribution in [0.25, 0.3) is 0 Å². The third-order valence-corrected chi connectivity index (χ3v) is 4.43. The Labute approximate surface area is 140 Å². The lowest BCUT2D eigenvalue weighted by atomic mass is 9.78. The first-order chi connectivity index (χ1) is 11.3. The van der Waals surface area contributed by atoms with E-state index in [1.807, 2.05) is 26.0 Å². The van der Waals surface area contributed by atoms with Gasteiger partial charge in [-0.15, -0.1) is 5.11 Å². The smallest absolute Gasteiger partial charge is 0.223 e. The summed E-state index contributed by atoms with van der Waals surface area (Å²) < 4.78 is 0. The average molecular weight is 327 g/mol. The zero-order valence-corrected chi connectivity index (χ0v) is 14.2. The maximum absolute atomic E-state index is 12.1. The van der Waals surface area contributed by atoms with E-state index in [1.54, 1.807) is 17.9 Å². The molecule has 3 rings (SSSR count). The molecule has 0 aromatic heterocycles.